The number of amides is 1. The summed E-state index contributed by atoms with van der Waals surface area (Å²) in [6, 6.07) is 15.9. The number of anilines is 1. The SMILES string of the molecule is CCC(C)Oc1ccc(C(=O)Nc2ccc3oc(-c4cc(OC)c(OC)c(OC)c4)nc3c2)cc1. The lowest BCUT2D eigenvalue weighted by Crippen LogP contribution is -2.12. The highest BCUT2D eigenvalue weighted by molar-refractivity contribution is 6.05. The highest BCUT2D eigenvalue weighted by Crippen LogP contribution is 2.41. The first-order valence-corrected chi connectivity index (χ1v) is 11.2. The zero-order valence-electron chi connectivity index (χ0n) is 20.4. The van der Waals surface area contributed by atoms with Gasteiger partial charge in [-0.1, -0.05) is 6.92 Å². The van der Waals surface area contributed by atoms with Crippen molar-refractivity contribution in [2.45, 2.75) is 26.4 Å². The molecule has 35 heavy (non-hydrogen) atoms. The molecule has 1 amide bonds. The number of fused-ring (bicyclic) bond motifs is 1. The fraction of sp³-hybridized carbons (Fsp3) is 0.259. The molecule has 4 rings (SSSR count). The Labute approximate surface area is 203 Å². The van der Waals surface area contributed by atoms with Crippen LogP contribution in [0.3, 0.4) is 0 Å². The van der Waals surface area contributed by atoms with Crippen LogP contribution in [0, 0.1) is 0 Å². The number of nitrogens with one attached hydrogen (secondary N) is 1. The zero-order chi connectivity index (χ0) is 24.9. The number of methoxy groups -OCH3 is 3. The van der Waals surface area contributed by atoms with Crippen molar-refractivity contribution in [2.75, 3.05) is 26.6 Å². The standard InChI is InChI=1S/C27H28N2O6/c1-6-16(2)34-20-10-7-17(8-11-20)26(30)28-19-9-12-22-21(15-19)29-27(35-22)18-13-23(31-3)25(33-5)24(14-18)32-4/h7-16H,6H2,1-5H3,(H,28,30). The highest BCUT2D eigenvalue weighted by Gasteiger charge is 2.18. The van der Waals surface area contributed by atoms with E-state index >= 15 is 0 Å². The summed E-state index contributed by atoms with van der Waals surface area (Å²) in [7, 11) is 4.65. The summed E-state index contributed by atoms with van der Waals surface area (Å²) in [5.74, 6) is 2.38. The zero-order valence-corrected chi connectivity index (χ0v) is 20.4. The summed E-state index contributed by atoms with van der Waals surface area (Å²) in [5.41, 5.74) is 2.98. The number of ether oxygens (including phenoxy) is 4. The smallest absolute Gasteiger partial charge is 0.255 e. The molecule has 1 atom stereocenters. The van der Waals surface area contributed by atoms with Crippen molar-refractivity contribution in [1.29, 1.82) is 0 Å². The van der Waals surface area contributed by atoms with E-state index in [0.717, 1.165) is 12.2 Å². The predicted molar refractivity (Wildman–Crippen MR) is 134 cm³/mol. The van der Waals surface area contributed by atoms with Gasteiger partial charge >= 0.3 is 0 Å². The third-order valence-corrected chi connectivity index (χ3v) is 5.59. The van der Waals surface area contributed by atoms with E-state index < -0.39 is 0 Å². The molecule has 182 valence electrons. The predicted octanol–water partition coefficient (Wildman–Crippen LogP) is 5.95. The Morgan fingerprint density at radius 2 is 1.66 bits per heavy atom. The molecular weight excluding hydrogens is 448 g/mol. The fourth-order valence-corrected chi connectivity index (χ4v) is 3.54. The molecule has 0 bridgehead atoms. The van der Waals surface area contributed by atoms with Gasteiger partial charge in [-0.25, -0.2) is 4.98 Å². The fourth-order valence-electron chi connectivity index (χ4n) is 3.54. The molecular formula is C27H28N2O6. The van der Waals surface area contributed by atoms with Crippen molar-refractivity contribution in [3.8, 4) is 34.5 Å². The van der Waals surface area contributed by atoms with Crippen LogP contribution in [0.4, 0.5) is 5.69 Å². The molecule has 1 aromatic heterocycles. The lowest BCUT2D eigenvalue weighted by molar-refractivity contribution is 0.102. The summed E-state index contributed by atoms with van der Waals surface area (Å²) in [4.78, 5) is 17.3. The number of carbonyl (C=O) groups is 1. The van der Waals surface area contributed by atoms with Gasteiger partial charge in [-0.2, -0.15) is 0 Å². The van der Waals surface area contributed by atoms with Gasteiger partial charge in [-0.15, -0.1) is 0 Å². The third kappa shape index (κ3) is 5.16. The van der Waals surface area contributed by atoms with Gasteiger partial charge in [0.2, 0.25) is 11.6 Å². The monoisotopic (exact) mass is 476 g/mol. The van der Waals surface area contributed by atoms with Crippen LogP contribution in [-0.4, -0.2) is 38.3 Å². The van der Waals surface area contributed by atoms with E-state index in [4.69, 9.17) is 23.4 Å². The van der Waals surface area contributed by atoms with Crippen molar-refractivity contribution >= 4 is 22.7 Å². The Morgan fingerprint density at radius 3 is 2.26 bits per heavy atom. The van der Waals surface area contributed by atoms with Crippen LogP contribution in [0.25, 0.3) is 22.6 Å². The molecule has 1 heterocycles. The molecule has 0 radical (unpaired) electrons. The molecule has 0 aliphatic rings. The maximum Gasteiger partial charge on any atom is 0.255 e. The minimum atomic E-state index is -0.229. The van der Waals surface area contributed by atoms with Gasteiger partial charge < -0.3 is 28.7 Å². The van der Waals surface area contributed by atoms with Gasteiger partial charge in [0.15, 0.2) is 17.1 Å². The van der Waals surface area contributed by atoms with Crippen molar-refractivity contribution in [2.24, 2.45) is 0 Å². The van der Waals surface area contributed by atoms with Crippen molar-refractivity contribution in [3.63, 3.8) is 0 Å². The van der Waals surface area contributed by atoms with Crippen LogP contribution in [0.1, 0.15) is 30.6 Å². The third-order valence-electron chi connectivity index (χ3n) is 5.59. The molecule has 0 aliphatic carbocycles. The number of oxazole rings is 1. The first-order valence-electron chi connectivity index (χ1n) is 11.2. The van der Waals surface area contributed by atoms with E-state index in [0.29, 0.717) is 51.1 Å². The second-order valence-electron chi connectivity index (χ2n) is 7.93. The molecule has 1 unspecified atom stereocenters. The summed E-state index contributed by atoms with van der Waals surface area (Å²) in [5, 5.41) is 2.90. The second kappa shape index (κ2) is 10.4. The maximum absolute atomic E-state index is 12.7. The Kier molecular flexibility index (Phi) is 7.10. The van der Waals surface area contributed by atoms with Crippen LogP contribution in [0.5, 0.6) is 23.0 Å². The summed E-state index contributed by atoms with van der Waals surface area (Å²) in [6.07, 6.45) is 1.03. The number of hydrogen-bond donors (Lipinski definition) is 1. The topological polar surface area (TPSA) is 92.1 Å². The summed E-state index contributed by atoms with van der Waals surface area (Å²) >= 11 is 0. The Balaban J connectivity index is 1.55. The van der Waals surface area contributed by atoms with E-state index in [-0.39, 0.29) is 12.0 Å². The highest BCUT2D eigenvalue weighted by atomic mass is 16.5. The van der Waals surface area contributed by atoms with Crippen LogP contribution < -0.4 is 24.3 Å². The molecule has 0 aliphatic heterocycles. The molecule has 8 nitrogen and oxygen atoms in total. The first-order chi connectivity index (χ1) is 16.9. The number of nitrogens with zero attached hydrogens (tertiary/aromatic N) is 1. The van der Waals surface area contributed by atoms with Gasteiger partial charge in [-0.3, -0.25) is 4.79 Å². The van der Waals surface area contributed by atoms with Gasteiger partial charge in [0.05, 0.1) is 27.4 Å². The largest absolute Gasteiger partial charge is 0.493 e. The number of hydrogen-bond acceptors (Lipinski definition) is 7. The Morgan fingerprint density at radius 1 is 0.971 bits per heavy atom. The van der Waals surface area contributed by atoms with E-state index in [1.54, 1.807) is 75.9 Å². The molecule has 8 heteroatoms. The number of aromatic nitrogens is 1. The first kappa shape index (κ1) is 23.9. The van der Waals surface area contributed by atoms with Crippen LogP contribution in [0.2, 0.25) is 0 Å². The molecule has 1 N–H and O–H groups in total. The minimum absolute atomic E-state index is 0.119. The Bertz CT molecular complexity index is 1300. The van der Waals surface area contributed by atoms with Gasteiger partial charge in [0.1, 0.15) is 11.3 Å². The van der Waals surface area contributed by atoms with Crippen LogP contribution in [-0.2, 0) is 0 Å². The minimum Gasteiger partial charge on any atom is -0.493 e. The average molecular weight is 477 g/mol. The molecule has 0 fully saturated rings. The van der Waals surface area contributed by atoms with Crippen LogP contribution >= 0.6 is 0 Å². The van der Waals surface area contributed by atoms with E-state index in [1.807, 2.05) is 6.92 Å². The van der Waals surface area contributed by atoms with Gasteiger partial charge in [-0.05, 0) is 67.9 Å². The second-order valence-corrected chi connectivity index (χ2v) is 7.93. The van der Waals surface area contributed by atoms with Gasteiger partial charge in [0, 0.05) is 16.8 Å². The van der Waals surface area contributed by atoms with E-state index in [2.05, 4.69) is 17.2 Å². The van der Waals surface area contributed by atoms with Gasteiger partial charge in [0.25, 0.3) is 5.91 Å². The van der Waals surface area contributed by atoms with Crippen molar-refractivity contribution < 1.29 is 28.2 Å². The summed E-state index contributed by atoms with van der Waals surface area (Å²) < 4.78 is 27.9. The molecule has 3 aromatic carbocycles. The molecule has 0 saturated carbocycles. The summed E-state index contributed by atoms with van der Waals surface area (Å²) in [6.45, 7) is 4.07. The van der Waals surface area contributed by atoms with Crippen molar-refractivity contribution in [3.05, 3.63) is 60.2 Å². The molecule has 0 saturated heterocycles. The maximum atomic E-state index is 12.7. The lowest BCUT2D eigenvalue weighted by Gasteiger charge is -2.12. The van der Waals surface area contributed by atoms with E-state index in [1.165, 1.54) is 0 Å². The number of rotatable bonds is 9. The Hall–Kier alpha value is -4.20. The number of benzene rings is 3. The molecule has 0 spiro atoms. The molecule has 4 aromatic rings. The normalized spacial score (nSPS) is 11.7. The van der Waals surface area contributed by atoms with Crippen molar-refractivity contribution in [1.82, 2.24) is 4.98 Å². The lowest BCUT2D eigenvalue weighted by atomic mass is 10.2. The van der Waals surface area contributed by atoms with Crippen LogP contribution in [0.15, 0.2) is 59.0 Å². The van der Waals surface area contributed by atoms with E-state index in [9.17, 15) is 4.79 Å². The quantitative estimate of drug-likeness (QED) is 0.319. The average Bonchev–Trinajstić information content (AvgIpc) is 3.31. The number of carbonyl (C=O) groups excluding carboxylic acids is 1.